The second kappa shape index (κ2) is 7.59. The normalized spacial score (nSPS) is 9.41. The number of carbonyl (C=O) groups is 1. The van der Waals surface area contributed by atoms with Gasteiger partial charge in [-0.15, -0.1) is 12.3 Å². The number of benzene rings is 1. The van der Waals surface area contributed by atoms with Crippen molar-refractivity contribution in [2.45, 2.75) is 19.3 Å². The lowest BCUT2D eigenvalue weighted by Gasteiger charge is -2.07. The first kappa shape index (κ1) is 13.4. The summed E-state index contributed by atoms with van der Waals surface area (Å²) < 4.78 is 0. The number of carbonyl (C=O) groups excluding carboxylic acids is 1. The maximum Gasteiger partial charge on any atom is 0.319 e. The van der Waals surface area contributed by atoms with E-state index in [-0.39, 0.29) is 6.03 Å². The molecule has 0 aromatic heterocycles. The third-order valence-electron chi connectivity index (χ3n) is 2.14. The van der Waals surface area contributed by atoms with Gasteiger partial charge in [-0.2, -0.15) is 0 Å². The van der Waals surface area contributed by atoms with Crippen LogP contribution in [-0.2, 0) is 0 Å². The van der Waals surface area contributed by atoms with Gasteiger partial charge in [0.1, 0.15) is 0 Å². The maximum absolute atomic E-state index is 11.4. The summed E-state index contributed by atoms with van der Waals surface area (Å²) in [7, 11) is 0. The van der Waals surface area contributed by atoms with Crippen LogP contribution in [0.5, 0.6) is 0 Å². The van der Waals surface area contributed by atoms with Crippen LogP contribution in [0.1, 0.15) is 19.3 Å². The Hall–Kier alpha value is -1.66. The number of hydrogen-bond donors (Lipinski definition) is 2. The lowest BCUT2D eigenvalue weighted by molar-refractivity contribution is 0.252. The topological polar surface area (TPSA) is 41.1 Å². The fraction of sp³-hybridized carbons (Fsp3) is 0.308. The molecule has 0 saturated heterocycles. The minimum atomic E-state index is -0.215. The molecule has 1 aromatic carbocycles. The van der Waals surface area contributed by atoms with Crippen molar-refractivity contribution in [1.29, 1.82) is 0 Å². The molecule has 2 amide bonds. The molecule has 4 heteroatoms. The highest BCUT2D eigenvalue weighted by Crippen LogP contribution is 2.12. The number of nitrogens with one attached hydrogen (secondary N) is 2. The summed E-state index contributed by atoms with van der Waals surface area (Å²) in [5.41, 5.74) is 0.718. The minimum Gasteiger partial charge on any atom is -0.338 e. The summed E-state index contributed by atoms with van der Waals surface area (Å²) in [6, 6.07) is 6.74. The Bertz CT molecular complexity index is 395. The highest BCUT2D eigenvalue weighted by molar-refractivity contribution is 6.30. The monoisotopic (exact) mass is 250 g/mol. The quantitative estimate of drug-likeness (QED) is 0.611. The van der Waals surface area contributed by atoms with Gasteiger partial charge in [0.15, 0.2) is 0 Å². The van der Waals surface area contributed by atoms with Gasteiger partial charge in [-0.25, -0.2) is 4.79 Å². The van der Waals surface area contributed by atoms with E-state index in [1.54, 1.807) is 24.3 Å². The molecule has 90 valence electrons. The summed E-state index contributed by atoms with van der Waals surface area (Å²) >= 11 is 5.74. The Morgan fingerprint density at radius 2 is 2.00 bits per heavy atom. The SMILES string of the molecule is C#CCCCCNC(=O)Nc1ccc(Cl)cc1. The predicted molar refractivity (Wildman–Crippen MR) is 71.2 cm³/mol. The Morgan fingerprint density at radius 3 is 2.65 bits per heavy atom. The van der Waals surface area contributed by atoms with Crippen molar-refractivity contribution >= 4 is 23.3 Å². The third kappa shape index (κ3) is 5.84. The van der Waals surface area contributed by atoms with Crippen molar-refractivity contribution in [3.8, 4) is 12.3 Å². The largest absolute Gasteiger partial charge is 0.338 e. The number of unbranched alkanes of at least 4 members (excludes halogenated alkanes) is 2. The molecule has 0 spiro atoms. The van der Waals surface area contributed by atoms with Crippen LogP contribution in [-0.4, -0.2) is 12.6 Å². The predicted octanol–water partition coefficient (Wildman–Crippen LogP) is 3.27. The second-order valence-corrected chi connectivity index (χ2v) is 3.99. The average molecular weight is 251 g/mol. The number of anilines is 1. The van der Waals surface area contributed by atoms with Crippen molar-refractivity contribution in [3.05, 3.63) is 29.3 Å². The summed E-state index contributed by atoms with van der Waals surface area (Å²) in [5.74, 6) is 2.56. The van der Waals surface area contributed by atoms with E-state index in [9.17, 15) is 4.79 Å². The van der Waals surface area contributed by atoms with E-state index < -0.39 is 0 Å². The standard InChI is InChI=1S/C13H15ClN2O/c1-2-3-4-5-10-15-13(17)16-12-8-6-11(14)7-9-12/h1,6-9H,3-5,10H2,(H2,15,16,17). The number of halogens is 1. The molecular weight excluding hydrogens is 236 g/mol. The molecular formula is C13H15ClN2O. The fourth-order valence-electron chi connectivity index (χ4n) is 1.26. The van der Waals surface area contributed by atoms with Gasteiger partial charge < -0.3 is 10.6 Å². The van der Waals surface area contributed by atoms with Gasteiger partial charge in [0.2, 0.25) is 0 Å². The molecule has 0 fully saturated rings. The Balaban J connectivity index is 2.21. The zero-order valence-corrected chi connectivity index (χ0v) is 10.3. The summed E-state index contributed by atoms with van der Waals surface area (Å²) in [6.45, 7) is 0.626. The highest BCUT2D eigenvalue weighted by Gasteiger charge is 2.00. The van der Waals surface area contributed by atoms with Gasteiger partial charge >= 0.3 is 6.03 Å². The van der Waals surface area contributed by atoms with E-state index in [2.05, 4.69) is 16.6 Å². The van der Waals surface area contributed by atoms with Crippen molar-refractivity contribution < 1.29 is 4.79 Å². The van der Waals surface area contributed by atoms with Gasteiger partial charge in [-0.3, -0.25) is 0 Å². The average Bonchev–Trinajstić information content (AvgIpc) is 2.32. The molecule has 0 heterocycles. The smallest absolute Gasteiger partial charge is 0.319 e. The first-order chi connectivity index (χ1) is 8.22. The molecule has 1 rings (SSSR count). The fourth-order valence-corrected chi connectivity index (χ4v) is 1.39. The second-order valence-electron chi connectivity index (χ2n) is 3.55. The molecule has 0 bridgehead atoms. The van der Waals surface area contributed by atoms with E-state index in [1.165, 1.54) is 0 Å². The molecule has 17 heavy (non-hydrogen) atoms. The van der Waals surface area contributed by atoms with Crippen molar-refractivity contribution in [2.75, 3.05) is 11.9 Å². The third-order valence-corrected chi connectivity index (χ3v) is 2.39. The van der Waals surface area contributed by atoms with Crippen LogP contribution in [0.15, 0.2) is 24.3 Å². The number of terminal acetylenes is 1. The molecule has 0 atom stereocenters. The van der Waals surface area contributed by atoms with Crippen molar-refractivity contribution in [2.24, 2.45) is 0 Å². The van der Waals surface area contributed by atoms with E-state index in [0.29, 0.717) is 11.6 Å². The van der Waals surface area contributed by atoms with Crippen LogP contribution in [0.3, 0.4) is 0 Å². The van der Waals surface area contributed by atoms with E-state index >= 15 is 0 Å². The van der Waals surface area contributed by atoms with Gasteiger partial charge in [-0.1, -0.05) is 11.6 Å². The highest BCUT2D eigenvalue weighted by atomic mass is 35.5. The van der Waals surface area contributed by atoms with Crippen LogP contribution in [0.2, 0.25) is 5.02 Å². The molecule has 0 aliphatic heterocycles. The van der Waals surface area contributed by atoms with E-state index in [4.69, 9.17) is 18.0 Å². The molecule has 2 N–H and O–H groups in total. The lowest BCUT2D eigenvalue weighted by atomic mass is 10.2. The van der Waals surface area contributed by atoms with Gasteiger partial charge in [-0.05, 0) is 37.1 Å². The Kier molecular flexibility index (Phi) is 5.98. The number of rotatable bonds is 5. The van der Waals surface area contributed by atoms with Gasteiger partial charge in [0.05, 0.1) is 0 Å². The molecule has 0 saturated carbocycles. The molecule has 0 unspecified atom stereocenters. The number of urea groups is 1. The lowest BCUT2D eigenvalue weighted by Crippen LogP contribution is -2.29. The summed E-state index contributed by atoms with van der Waals surface area (Å²) in [6.07, 6.45) is 7.69. The van der Waals surface area contributed by atoms with Crippen molar-refractivity contribution in [1.82, 2.24) is 5.32 Å². The van der Waals surface area contributed by atoms with Gasteiger partial charge in [0, 0.05) is 23.7 Å². The molecule has 0 aliphatic carbocycles. The van der Waals surface area contributed by atoms with Crippen LogP contribution < -0.4 is 10.6 Å². The van der Waals surface area contributed by atoms with Crippen LogP contribution in [0.25, 0.3) is 0 Å². The van der Waals surface area contributed by atoms with Crippen LogP contribution in [0.4, 0.5) is 10.5 Å². The van der Waals surface area contributed by atoms with E-state index in [0.717, 1.165) is 24.9 Å². The Morgan fingerprint density at radius 1 is 1.29 bits per heavy atom. The molecule has 1 aromatic rings. The number of hydrogen-bond acceptors (Lipinski definition) is 1. The van der Waals surface area contributed by atoms with E-state index in [1.807, 2.05) is 0 Å². The Labute approximate surface area is 107 Å². The zero-order valence-electron chi connectivity index (χ0n) is 9.50. The first-order valence-electron chi connectivity index (χ1n) is 5.46. The van der Waals surface area contributed by atoms with Crippen LogP contribution in [0, 0.1) is 12.3 Å². The summed E-state index contributed by atoms with van der Waals surface area (Å²) in [4.78, 5) is 11.4. The first-order valence-corrected chi connectivity index (χ1v) is 5.84. The molecule has 0 radical (unpaired) electrons. The zero-order chi connectivity index (χ0) is 12.5. The number of amides is 2. The maximum atomic E-state index is 11.4. The molecule has 3 nitrogen and oxygen atoms in total. The van der Waals surface area contributed by atoms with Gasteiger partial charge in [0.25, 0.3) is 0 Å². The van der Waals surface area contributed by atoms with Crippen molar-refractivity contribution in [3.63, 3.8) is 0 Å². The summed E-state index contributed by atoms with van der Waals surface area (Å²) in [5, 5.41) is 6.11. The van der Waals surface area contributed by atoms with Crippen LogP contribution >= 0.6 is 11.6 Å². The minimum absolute atomic E-state index is 0.215. The molecule has 0 aliphatic rings.